The first-order valence-electron chi connectivity index (χ1n) is 11.0. The number of carbonyl (C=O) groups is 2. The Labute approximate surface area is 184 Å². The molecule has 0 N–H and O–H groups in total. The summed E-state index contributed by atoms with van der Waals surface area (Å²) in [4.78, 5) is 30.2. The van der Waals surface area contributed by atoms with Gasteiger partial charge in [-0.25, -0.2) is 0 Å². The van der Waals surface area contributed by atoms with Gasteiger partial charge in [0.05, 0.1) is 12.2 Å². The van der Waals surface area contributed by atoms with Crippen LogP contribution in [0.5, 0.6) is 5.75 Å². The number of imide groups is 1. The van der Waals surface area contributed by atoms with Crippen molar-refractivity contribution in [1.29, 1.82) is 0 Å². The molecule has 2 aliphatic rings. The highest BCUT2D eigenvalue weighted by Gasteiger charge is 2.43. The van der Waals surface area contributed by atoms with E-state index < -0.39 is 0 Å². The molecule has 2 aliphatic heterocycles. The number of carbonyl (C=O) groups excluding carboxylic acids is 2. The van der Waals surface area contributed by atoms with Gasteiger partial charge in [-0.3, -0.25) is 14.5 Å². The van der Waals surface area contributed by atoms with E-state index >= 15 is 0 Å². The van der Waals surface area contributed by atoms with Gasteiger partial charge in [-0.2, -0.15) is 0 Å². The van der Waals surface area contributed by atoms with E-state index in [0.29, 0.717) is 30.3 Å². The largest absolute Gasteiger partial charge is 0.493 e. The zero-order valence-corrected chi connectivity index (χ0v) is 18.7. The SMILES string of the molecule is CC(C)COc1ccc(C2=C(N3CCc4ccccc4C3)C(=O)N(C(C)C)C2=O)cc1. The van der Waals surface area contributed by atoms with Crippen molar-refractivity contribution in [3.05, 3.63) is 70.9 Å². The summed E-state index contributed by atoms with van der Waals surface area (Å²) in [6.45, 7) is 9.96. The van der Waals surface area contributed by atoms with Crippen molar-refractivity contribution in [3.8, 4) is 5.75 Å². The normalized spacial score (nSPS) is 16.6. The van der Waals surface area contributed by atoms with Gasteiger partial charge in [-0.1, -0.05) is 50.2 Å². The van der Waals surface area contributed by atoms with Crippen LogP contribution in [0, 0.1) is 5.92 Å². The predicted molar refractivity (Wildman–Crippen MR) is 121 cm³/mol. The van der Waals surface area contributed by atoms with E-state index in [1.165, 1.54) is 16.0 Å². The van der Waals surface area contributed by atoms with Crippen LogP contribution in [0.3, 0.4) is 0 Å². The first-order valence-corrected chi connectivity index (χ1v) is 11.0. The highest BCUT2D eigenvalue weighted by Crippen LogP contribution is 2.35. The van der Waals surface area contributed by atoms with Gasteiger partial charge in [0.2, 0.25) is 0 Å². The third-order valence-electron chi connectivity index (χ3n) is 5.78. The van der Waals surface area contributed by atoms with E-state index in [1.807, 2.05) is 50.2 Å². The number of rotatable bonds is 6. The van der Waals surface area contributed by atoms with Crippen LogP contribution in [0.25, 0.3) is 5.57 Å². The topological polar surface area (TPSA) is 49.9 Å². The summed E-state index contributed by atoms with van der Waals surface area (Å²) >= 11 is 0. The maximum Gasteiger partial charge on any atom is 0.278 e. The molecule has 0 saturated carbocycles. The van der Waals surface area contributed by atoms with Crippen molar-refractivity contribution in [3.63, 3.8) is 0 Å². The molecule has 0 atom stereocenters. The molecular formula is C26H30N2O3. The summed E-state index contributed by atoms with van der Waals surface area (Å²) in [6.07, 6.45) is 0.859. The lowest BCUT2D eigenvalue weighted by Gasteiger charge is -2.31. The van der Waals surface area contributed by atoms with Gasteiger partial charge < -0.3 is 9.64 Å². The molecule has 0 radical (unpaired) electrons. The minimum Gasteiger partial charge on any atom is -0.493 e. The van der Waals surface area contributed by atoms with Crippen LogP contribution in [0.1, 0.15) is 44.4 Å². The third kappa shape index (κ3) is 4.09. The van der Waals surface area contributed by atoms with Crippen molar-refractivity contribution in [2.75, 3.05) is 13.2 Å². The first kappa shape index (κ1) is 21.2. The lowest BCUT2D eigenvalue weighted by Crippen LogP contribution is -2.40. The average molecular weight is 419 g/mol. The van der Waals surface area contributed by atoms with E-state index in [2.05, 4.69) is 30.9 Å². The monoisotopic (exact) mass is 418 g/mol. The van der Waals surface area contributed by atoms with Crippen LogP contribution in [-0.2, 0) is 22.6 Å². The van der Waals surface area contributed by atoms with E-state index in [4.69, 9.17) is 4.74 Å². The molecule has 2 heterocycles. The quantitative estimate of drug-likeness (QED) is 0.658. The fourth-order valence-electron chi connectivity index (χ4n) is 4.22. The lowest BCUT2D eigenvalue weighted by molar-refractivity contribution is -0.139. The van der Waals surface area contributed by atoms with Gasteiger partial charge in [0.15, 0.2) is 0 Å². The molecule has 4 rings (SSSR count). The Kier molecular flexibility index (Phi) is 5.86. The summed E-state index contributed by atoms with van der Waals surface area (Å²) in [5.74, 6) is 0.785. The fraction of sp³-hybridized carbons (Fsp3) is 0.385. The van der Waals surface area contributed by atoms with Gasteiger partial charge in [-0.05, 0) is 55.0 Å². The second-order valence-corrected chi connectivity index (χ2v) is 8.97. The molecular weight excluding hydrogens is 388 g/mol. The Morgan fingerprint density at radius 2 is 1.58 bits per heavy atom. The summed E-state index contributed by atoms with van der Waals surface area (Å²) < 4.78 is 5.79. The Balaban J connectivity index is 1.71. The van der Waals surface area contributed by atoms with Crippen LogP contribution in [-0.4, -0.2) is 40.8 Å². The van der Waals surface area contributed by atoms with Gasteiger partial charge in [-0.15, -0.1) is 0 Å². The Hall–Kier alpha value is -3.08. The van der Waals surface area contributed by atoms with E-state index in [-0.39, 0.29) is 17.9 Å². The Morgan fingerprint density at radius 3 is 2.23 bits per heavy atom. The number of benzene rings is 2. The molecule has 0 aromatic heterocycles. The molecule has 2 amide bonds. The molecule has 0 spiro atoms. The minimum atomic E-state index is -0.218. The minimum absolute atomic E-state index is 0.196. The molecule has 5 heteroatoms. The third-order valence-corrected chi connectivity index (χ3v) is 5.78. The number of fused-ring (bicyclic) bond motifs is 1. The lowest BCUT2D eigenvalue weighted by atomic mass is 9.98. The Bertz CT molecular complexity index is 1020. The molecule has 2 aromatic carbocycles. The summed E-state index contributed by atoms with van der Waals surface area (Å²) in [5, 5.41) is 0. The van der Waals surface area contributed by atoms with Crippen molar-refractivity contribution in [2.24, 2.45) is 5.92 Å². The molecule has 31 heavy (non-hydrogen) atoms. The van der Waals surface area contributed by atoms with Gasteiger partial charge in [0, 0.05) is 19.1 Å². The van der Waals surface area contributed by atoms with E-state index in [1.54, 1.807) is 0 Å². The zero-order chi connectivity index (χ0) is 22.1. The van der Waals surface area contributed by atoms with Crippen molar-refractivity contribution in [2.45, 2.75) is 46.7 Å². The van der Waals surface area contributed by atoms with Crippen LogP contribution >= 0.6 is 0 Å². The molecule has 162 valence electrons. The van der Waals surface area contributed by atoms with Crippen molar-refractivity contribution in [1.82, 2.24) is 9.80 Å². The van der Waals surface area contributed by atoms with Crippen molar-refractivity contribution < 1.29 is 14.3 Å². The van der Waals surface area contributed by atoms with E-state index in [9.17, 15) is 9.59 Å². The predicted octanol–water partition coefficient (Wildman–Crippen LogP) is 4.27. The molecule has 0 unspecified atom stereocenters. The second-order valence-electron chi connectivity index (χ2n) is 8.97. The highest BCUT2D eigenvalue weighted by atomic mass is 16.5. The van der Waals surface area contributed by atoms with Gasteiger partial charge in [0.25, 0.3) is 11.8 Å². The van der Waals surface area contributed by atoms with Crippen LogP contribution in [0.2, 0.25) is 0 Å². The standard InChI is InChI=1S/C26H30N2O3/c1-17(2)16-31-22-11-9-20(10-12-22)23-24(26(30)28(18(3)4)25(23)29)27-14-13-19-7-5-6-8-21(19)15-27/h5-12,17-18H,13-16H2,1-4H3. The molecule has 5 nitrogen and oxygen atoms in total. The molecule has 0 fully saturated rings. The Morgan fingerprint density at radius 1 is 0.903 bits per heavy atom. The number of nitrogens with zero attached hydrogens (tertiary/aromatic N) is 2. The number of ether oxygens (including phenoxy) is 1. The highest BCUT2D eigenvalue weighted by molar-refractivity contribution is 6.35. The first-order chi connectivity index (χ1) is 14.9. The number of hydrogen-bond donors (Lipinski definition) is 0. The van der Waals surface area contributed by atoms with Gasteiger partial charge in [0.1, 0.15) is 11.4 Å². The van der Waals surface area contributed by atoms with Crippen molar-refractivity contribution >= 4 is 17.4 Å². The summed E-state index contributed by atoms with van der Waals surface area (Å²) in [5.41, 5.74) is 4.29. The van der Waals surface area contributed by atoms with E-state index in [0.717, 1.165) is 24.3 Å². The second kappa shape index (κ2) is 8.58. The molecule has 2 aromatic rings. The summed E-state index contributed by atoms with van der Waals surface area (Å²) in [6, 6.07) is 15.6. The van der Waals surface area contributed by atoms with Crippen LogP contribution < -0.4 is 4.74 Å². The smallest absolute Gasteiger partial charge is 0.278 e. The fourth-order valence-corrected chi connectivity index (χ4v) is 4.22. The average Bonchev–Trinajstić information content (AvgIpc) is 3.02. The molecule has 0 saturated heterocycles. The van der Waals surface area contributed by atoms with Crippen LogP contribution in [0.15, 0.2) is 54.2 Å². The van der Waals surface area contributed by atoms with Gasteiger partial charge >= 0.3 is 0 Å². The van der Waals surface area contributed by atoms with Crippen LogP contribution in [0.4, 0.5) is 0 Å². The maximum absolute atomic E-state index is 13.4. The zero-order valence-electron chi connectivity index (χ0n) is 18.7. The number of amides is 2. The number of hydrogen-bond acceptors (Lipinski definition) is 4. The molecule has 0 bridgehead atoms. The molecule has 0 aliphatic carbocycles. The summed E-state index contributed by atoms with van der Waals surface area (Å²) in [7, 11) is 0. The maximum atomic E-state index is 13.4.